The first-order chi connectivity index (χ1) is 11.7. The van der Waals surface area contributed by atoms with Crippen molar-refractivity contribution in [3.63, 3.8) is 0 Å². The van der Waals surface area contributed by atoms with E-state index in [1.807, 2.05) is 32.6 Å². The molecule has 0 aromatic rings. The number of aliphatic imine (C=N–C) groups is 1. The van der Waals surface area contributed by atoms with Crippen LogP contribution in [0.4, 0.5) is 4.79 Å². The van der Waals surface area contributed by atoms with Crippen LogP contribution in [-0.2, 0) is 9.47 Å². The van der Waals surface area contributed by atoms with Crippen LogP contribution in [0, 0.1) is 5.92 Å². The Kier molecular flexibility index (Phi) is 12.2. The van der Waals surface area contributed by atoms with Crippen molar-refractivity contribution in [3.8, 4) is 0 Å². The number of likely N-dealkylation sites (tertiary alicyclic amines) is 1. The average Bonchev–Trinajstić information content (AvgIpc) is 2.52. The highest BCUT2D eigenvalue weighted by atomic mass is 127. The molecule has 1 heterocycles. The molecule has 0 bridgehead atoms. The number of carbonyl (C=O) groups excluding carboxylic acids is 1. The lowest BCUT2D eigenvalue weighted by molar-refractivity contribution is 0.0170. The number of nitrogens with zero attached hydrogens (tertiary/aromatic N) is 2. The lowest BCUT2D eigenvalue weighted by atomic mass is 9.98. The van der Waals surface area contributed by atoms with Crippen LogP contribution in [-0.4, -0.2) is 68.5 Å². The molecule has 1 aliphatic heterocycles. The zero-order valence-corrected chi connectivity index (χ0v) is 19.5. The molecule has 1 saturated heterocycles. The molecule has 0 aliphatic carbocycles. The summed E-state index contributed by atoms with van der Waals surface area (Å²) in [5.74, 6) is 1.15. The Balaban J connectivity index is 0.00000625. The quantitative estimate of drug-likeness (QED) is 0.345. The highest BCUT2D eigenvalue weighted by molar-refractivity contribution is 14.0. The Labute approximate surface area is 175 Å². The van der Waals surface area contributed by atoms with E-state index in [0.717, 1.165) is 31.9 Å². The lowest BCUT2D eigenvalue weighted by Gasteiger charge is -2.33. The Morgan fingerprint density at radius 2 is 2.08 bits per heavy atom. The van der Waals surface area contributed by atoms with Gasteiger partial charge in [-0.25, -0.2) is 4.79 Å². The molecular formula is C18H37IN4O3. The summed E-state index contributed by atoms with van der Waals surface area (Å²) in [6, 6.07) is 0.187. The van der Waals surface area contributed by atoms with Gasteiger partial charge >= 0.3 is 6.09 Å². The number of ether oxygens (including phenoxy) is 2. The van der Waals surface area contributed by atoms with Crippen molar-refractivity contribution in [1.82, 2.24) is 15.5 Å². The fourth-order valence-electron chi connectivity index (χ4n) is 2.77. The predicted octanol–water partition coefficient (Wildman–Crippen LogP) is 2.84. The van der Waals surface area contributed by atoms with Crippen LogP contribution in [0.15, 0.2) is 4.99 Å². The first kappa shape index (κ1) is 25.2. The number of hydrogen-bond donors (Lipinski definition) is 2. The Bertz CT molecular complexity index is 441. The number of nitrogens with one attached hydrogen (secondary N) is 2. The molecule has 0 spiro atoms. The maximum atomic E-state index is 12.2. The van der Waals surface area contributed by atoms with Gasteiger partial charge in [0.25, 0.3) is 0 Å². The zero-order valence-electron chi connectivity index (χ0n) is 17.1. The van der Waals surface area contributed by atoms with Crippen molar-refractivity contribution >= 4 is 36.0 Å². The summed E-state index contributed by atoms with van der Waals surface area (Å²) in [7, 11) is 1.69. The molecule has 2 unspecified atom stereocenters. The van der Waals surface area contributed by atoms with Gasteiger partial charge in [-0.2, -0.15) is 0 Å². The number of guanidine groups is 1. The van der Waals surface area contributed by atoms with Gasteiger partial charge in [-0.05, 0) is 53.4 Å². The van der Waals surface area contributed by atoms with Crippen LogP contribution in [0.25, 0.3) is 0 Å². The minimum absolute atomic E-state index is 0. The van der Waals surface area contributed by atoms with Gasteiger partial charge in [0, 0.05) is 39.3 Å². The molecule has 154 valence electrons. The third kappa shape index (κ3) is 10.4. The van der Waals surface area contributed by atoms with Crippen molar-refractivity contribution in [2.24, 2.45) is 10.9 Å². The molecule has 0 aromatic heterocycles. The molecule has 0 radical (unpaired) electrons. The third-order valence-corrected chi connectivity index (χ3v) is 3.82. The number of hydrogen-bond acceptors (Lipinski definition) is 4. The van der Waals surface area contributed by atoms with Gasteiger partial charge in [-0.3, -0.25) is 4.99 Å². The fraction of sp³-hybridized carbons (Fsp3) is 0.889. The molecule has 2 N–H and O–H groups in total. The van der Waals surface area contributed by atoms with Crippen LogP contribution < -0.4 is 10.6 Å². The SMILES string of the molecule is CCNC(=NCC1CCCN(C(=O)OC(C)(C)C)C1)NC(C)COC.I. The summed E-state index contributed by atoms with van der Waals surface area (Å²) in [5, 5.41) is 6.59. The highest BCUT2D eigenvalue weighted by Crippen LogP contribution is 2.19. The molecule has 1 amide bonds. The summed E-state index contributed by atoms with van der Waals surface area (Å²) < 4.78 is 10.6. The van der Waals surface area contributed by atoms with E-state index >= 15 is 0 Å². The Morgan fingerprint density at radius 1 is 1.38 bits per heavy atom. The molecule has 1 aliphatic rings. The monoisotopic (exact) mass is 484 g/mol. The summed E-state index contributed by atoms with van der Waals surface area (Å²) >= 11 is 0. The number of rotatable bonds is 6. The standard InChI is InChI=1S/C18H36N4O3.HI/c1-7-19-16(21-14(2)13-24-6)20-11-15-9-8-10-22(12-15)17(23)25-18(3,4)5;/h14-15H,7-13H2,1-6H3,(H2,19,20,21);1H. The van der Waals surface area contributed by atoms with Gasteiger partial charge in [0.2, 0.25) is 0 Å². The maximum Gasteiger partial charge on any atom is 0.410 e. The van der Waals surface area contributed by atoms with Crippen LogP contribution in [0.2, 0.25) is 0 Å². The molecular weight excluding hydrogens is 447 g/mol. The summed E-state index contributed by atoms with van der Waals surface area (Å²) in [4.78, 5) is 18.7. The zero-order chi connectivity index (χ0) is 18.9. The van der Waals surface area contributed by atoms with Crippen molar-refractivity contribution in [2.45, 2.75) is 59.1 Å². The average molecular weight is 484 g/mol. The van der Waals surface area contributed by atoms with Crippen LogP contribution in [0.5, 0.6) is 0 Å². The lowest BCUT2D eigenvalue weighted by Crippen LogP contribution is -2.45. The molecule has 1 rings (SSSR count). The predicted molar refractivity (Wildman–Crippen MR) is 116 cm³/mol. The largest absolute Gasteiger partial charge is 0.444 e. The molecule has 8 heteroatoms. The van der Waals surface area contributed by atoms with E-state index in [1.165, 1.54) is 0 Å². The van der Waals surface area contributed by atoms with E-state index in [0.29, 0.717) is 25.6 Å². The van der Waals surface area contributed by atoms with Crippen molar-refractivity contribution in [3.05, 3.63) is 0 Å². The minimum Gasteiger partial charge on any atom is -0.444 e. The molecule has 0 saturated carbocycles. The number of carbonyl (C=O) groups is 1. The van der Waals surface area contributed by atoms with E-state index in [-0.39, 0.29) is 36.1 Å². The minimum atomic E-state index is -0.457. The second kappa shape index (κ2) is 12.6. The molecule has 26 heavy (non-hydrogen) atoms. The summed E-state index contributed by atoms with van der Waals surface area (Å²) in [6.07, 6.45) is 1.85. The van der Waals surface area contributed by atoms with Crippen LogP contribution >= 0.6 is 24.0 Å². The smallest absolute Gasteiger partial charge is 0.410 e. The maximum absolute atomic E-state index is 12.2. The van der Waals surface area contributed by atoms with Crippen LogP contribution in [0.3, 0.4) is 0 Å². The Morgan fingerprint density at radius 3 is 2.65 bits per heavy atom. The van der Waals surface area contributed by atoms with E-state index in [9.17, 15) is 4.79 Å². The number of methoxy groups -OCH3 is 1. The van der Waals surface area contributed by atoms with Gasteiger partial charge in [-0.15, -0.1) is 24.0 Å². The van der Waals surface area contributed by atoms with E-state index < -0.39 is 5.60 Å². The topological polar surface area (TPSA) is 75.2 Å². The van der Waals surface area contributed by atoms with Gasteiger partial charge < -0.3 is 25.0 Å². The number of piperidine rings is 1. The van der Waals surface area contributed by atoms with Crippen molar-refractivity contribution in [1.29, 1.82) is 0 Å². The molecule has 2 atom stereocenters. The second-order valence-electron chi connectivity index (χ2n) is 7.65. The molecule has 0 aromatic carbocycles. The van der Waals surface area contributed by atoms with Gasteiger partial charge in [0.15, 0.2) is 5.96 Å². The molecule has 7 nitrogen and oxygen atoms in total. The molecule has 1 fully saturated rings. The first-order valence-corrected chi connectivity index (χ1v) is 9.26. The van der Waals surface area contributed by atoms with E-state index in [4.69, 9.17) is 9.47 Å². The van der Waals surface area contributed by atoms with Gasteiger partial charge in [0.1, 0.15) is 5.60 Å². The Hall–Kier alpha value is -0.770. The van der Waals surface area contributed by atoms with Gasteiger partial charge in [-0.1, -0.05) is 0 Å². The first-order valence-electron chi connectivity index (χ1n) is 9.26. The fourth-order valence-corrected chi connectivity index (χ4v) is 2.77. The highest BCUT2D eigenvalue weighted by Gasteiger charge is 2.27. The second-order valence-corrected chi connectivity index (χ2v) is 7.65. The number of halogens is 1. The van der Waals surface area contributed by atoms with Crippen molar-refractivity contribution < 1.29 is 14.3 Å². The number of amides is 1. The van der Waals surface area contributed by atoms with Gasteiger partial charge in [0.05, 0.1) is 6.61 Å². The third-order valence-electron chi connectivity index (χ3n) is 3.82. The summed E-state index contributed by atoms with van der Waals surface area (Å²) in [5.41, 5.74) is -0.457. The van der Waals surface area contributed by atoms with Crippen molar-refractivity contribution in [2.75, 3.05) is 39.9 Å². The van der Waals surface area contributed by atoms with E-state index in [2.05, 4.69) is 22.5 Å². The van der Waals surface area contributed by atoms with Crippen LogP contribution in [0.1, 0.15) is 47.5 Å². The summed E-state index contributed by atoms with van der Waals surface area (Å²) in [6.45, 7) is 13.4. The van der Waals surface area contributed by atoms with E-state index in [1.54, 1.807) is 7.11 Å². The normalized spacial score (nSPS) is 19.4.